The average Bonchev–Trinajstić information content (AvgIpc) is 3.10. The molecule has 0 aliphatic carbocycles. The van der Waals surface area contributed by atoms with Crippen LogP contribution < -0.4 is 0 Å². The highest BCUT2D eigenvalue weighted by molar-refractivity contribution is 7.14. The first-order chi connectivity index (χ1) is 10.1. The fourth-order valence-corrected chi connectivity index (χ4v) is 3.58. The van der Waals surface area contributed by atoms with Gasteiger partial charge in [0, 0.05) is 25.8 Å². The first-order valence-corrected chi connectivity index (χ1v) is 8.12. The molecule has 1 saturated heterocycles. The van der Waals surface area contributed by atoms with Gasteiger partial charge < -0.3 is 5.11 Å². The van der Waals surface area contributed by atoms with E-state index in [0.717, 1.165) is 36.8 Å². The van der Waals surface area contributed by atoms with Crippen molar-refractivity contribution in [1.29, 1.82) is 0 Å². The van der Waals surface area contributed by atoms with Gasteiger partial charge in [0.25, 0.3) is 0 Å². The van der Waals surface area contributed by atoms with Crippen LogP contribution in [0.15, 0.2) is 23.7 Å². The molecule has 0 saturated carbocycles. The number of carboxylic acid groups (broad SMARTS) is 1. The molecular weight excluding hydrogens is 310 g/mol. The van der Waals surface area contributed by atoms with Crippen molar-refractivity contribution < 1.29 is 9.90 Å². The number of piperidine rings is 1. The molecule has 1 aliphatic rings. The SMILES string of the molecule is O=C(O)c1ccn(C2CCN(Cc3ccsc3Cl)CC2)n1. The fraction of sp³-hybridized carbons (Fsp3) is 0.429. The molecule has 0 aromatic carbocycles. The van der Waals surface area contributed by atoms with E-state index >= 15 is 0 Å². The summed E-state index contributed by atoms with van der Waals surface area (Å²) in [5, 5.41) is 15.1. The van der Waals surface area contributed by atoms with Crippen molar-refractivity contribution in [3.63, 3.8) is 0 Å². The van der Waals surface area contributed by atoms with Gasteiger partial charge >= 0.3 is 5.97 Å². The molecule has 0 amide bonds. The molecule has 0 bridgehead atoms. The summed E-state index contributed by atoms with van der Waals surface area (Å²) < 4.78 is 2.66. The third kappa shape index (κ3) is 3.28. The minimum absolute atomic E-state index is 0.113. The summed E-state index contributed by atoms with van der Waals surface area (Å²) in [7, 11) is 0. The summed E-state index contributed by atoms with van der Waals surface area (Å²) in [5.74, 6) is -0.974. The second kappa shape index (κ2) is 6.17. The number of rotatable bonds is 4. The molecule has 0 radical (unpaired) electrons. The molecule has 1 N–H and O–H groups in total. The maximum absolute atomic E-state index is 10.9. The van der Waals surface area contributed by atoms with Crippen LogP contribution in [-0.2, 0) is 6.54 Å². The topological polar surface area (TPSA) is 58.4 Å². The molecule has 1 aliphatic heterocycles. The number of likely N-dealkylation sites (tertiary alicyclic amines) is 1. The van der Waals surface area contributed by atoms with Gasteiger partial charge in [-0.2, -0.15) is 5.10 Å². The monoisotopic (exact) mass is 325 g/mol. The molecule has 2 aromatic rings. The van der Waals surface area contributed by atoms with E-state index in [-0.39, 0.29) is 11.7 Å². The van der Waals surface area contributed by atoms with Crippen molar-refractivity contribution in [3.05, 3.63) is 39.3 Å². The van der Waals surface area contributed by atoms with Crippen LogP contribution in [0.3, 0.4) is 0 Å². The standard InChI is InChI=1S/C14H16ClN3O2S/c15-13-10(4-8-21-13)9-17-5-1-11(2-6-17)18-7-3-12(16-18)14(19)20/h3-4,7-8,11H,1-2,5-6,9H2,(H,19,20). The van der Waals surface area contributed by atoms with E-state index in [0.29, 0.717) is 0 Å². The average molecular weight is 326 g/mol. The van der Waals surface area contributed by atoms with Crippen molar-refractivity contribution in [3.8, 4) is 0 Å². The Morgan fingerprint density at radius 3 is 2.76 bits per heavy atom. The highest BCUT2D eigenvalue weighted by atomic mass is 35.5. The third-order valence-corrected chi connectivity index (χ3v) is 5.10. The van der Waals surface area contributed by atoms with Gasteiger partial charge in [-0.3, -0.25) is 9.58 Å². The first-order valence-electron chi connectivity index (χ1n) is 6.86. The highest BCUT2D eigenvalue weighted by Gasteiger charge is 2.22. The van der Waals surface area contributed by atoms with Gasteiger partial charge in [-0.05, 0) is 35.9 Å². The molecule has 112 valence electrons. The van der Waals surface area contributed by atoms with Crippen LogP contribution in [0, 0.1) is 0 Å². The Hall–Kier alpha value is -1.37. The van der Waals surface area contributed by atoms with E-state index in [9.17, 15) is 4.79 Å². The summed E-state index contributed by atoms with van der Waals surface area (Å²) in [6, 6.07) is 3.92. The van der Waals surface area contributed by atoms with Gasteiger partial charge in [-0.1, -0.05) is 11.6 Å². The summed E-state index contributed by atoms with van der Waals surface area (Å²) >= 11 is 7.70. The Morgan fingerprint density at radius 1 is 1.43 bits per heavy atom. The van der Waals surface area contributed by atoms with Gasteiger partial charge in [0.1, 0.15) is 0 Å². The van der Waals surface area contributed by atoms with E-state index in [2.05, 4.69) is 16.1 Å². The molecule has 2 aromatic heterocycles. The predicted octanol–water partition coefficient (Wildman–Crippen LogP) is 3.13. The van der Waals surface area contributed by atoms with Gasteiger partial charge in [-0.25, -0.2) is 4.79 Å². The van der Waals surface area contributed by atoms with E-state index in [4.69, 9.17) is 16.7 Å². The number of aromatic carboxylic acids is 1. The Balaban J connectivity index is 1.57. The van der Waals surface area contributed by atoms with E-state index < -0.39 is 5.97 Å². The van der Waals surface area contributed by atoms with Gasteiger partial charge in [-0.15, -0.1) is 11.3 Å². The Bertz CT molecular complexity index is 632. The maximum atomic E-state index is 10.9. The van der Waals surface area contributed by atoms with Crippen molar-refractivity contribution in [2.24, 2.45) is 0 Å². The number of hydrogen-bond donors (Lipinski definition) is 1. The minimum atomic E-state index is -0.974. The molecule has 0 spiro atoms. The number of halogens is 1. The fourth-order valence-electron chi connectivity index (χ4n) is 2.67. The Kier molecular flexibility index (Phi) is 4.28. The van der Waals surface area contributed by atoms with Crippen molar-refractivity contribution in [1.82, 2.24) is 14.7 Å². The van der Waals surface area contributed by atoms with Crippen LogP contribution in [-0.4, -0.2) is 38.8 Å². The maximum Gasteiger partial charge on any atom is 0.356 e. The van der Waals surface area contributed by atoms with E-state index in [1.807, 2.05) is 5.38 Å². The van der Waals surface area contributed by atoms with Crippen LogP contribution in [0.2, 0.25) is 4.34 Å². The van der Waals surface area contributed by atoms with Crippen LogP contribution in [0.4, 0.5) is 0 Å². The summed E-state index contributed by atoms with van der Waals surface area (Å²) in [6.45, 7) is 2.83. The van der Waals surface area contributed by atoms with Crippen molar-refractivity contribution in [2.75, 3.05) is 13.1 Å². The number of thiophene rings is 1. The quantitative estimate of drug-likeness (QED) is 0.938. The Labute approximate surface area is 131 Å². The van der Waals surface area contributed by atoms with Crippen LogP contribution >= 0.6 is 22.9 Å². The molecular formula is C14H16ClN3O2S. The van der Waals surface area contributed by atoms with Crippen LogP contribution in [0.1, 0.15) is 34.9 Å². The normalized spacial score (nSPS) is 17.2. The Morgan fingerprint density at radius 2 is 2.19 bits per heavy atom. The first kappa shape index (κ1) is 14.6. The van der Waals surface area contributed by atoms with Crippen LogP contribution in [0.25, 0.3) is 0 Å². The lowest BCUT2D eigenvalue weighted by Crippen LogP contribution is -2.34. The molecule has 5 nitrogen and oxygen atoms in total. The molecule has 1 fully saturated rings. The lowest BCUT2D eigenvalue weighted by Gasteiger charge is -2.31. The largest absolute Gasteiger partial charge is 0.476 e. The highest BCUT2D eigenvalue weighted by Crippen LogP contribution is 2.27. The molecule has 0 atom stereocenters. The molecule has 7 heteroatoms. The number of aromatic nitrogens is 2. The number of carbonyl (C=O) groups is 1. The zero-order valence-corrected chi connectivity index (χ0v) is 13.0. The molecule has 0 unspecified atom stereocenters. The van der Waals surface area contributed by atoms with Crippen molar-refractivity contribution >= 4 is 28.9 Å². The number of hydrogen-bond acceptors (Lipinski definition) is 4. The zero-order valence-electron chi connectivity index (χ0n) is 11.4. The minimum Gasteiger partial charge on any atom is -0.476 e. The summed E-state index contributed by atoms with van der Waals surface area (Å²) in [5.41, 5.74) is 1.30. The van der Waals surface area contributed by atoms with E-state index in [1.165, 1.54) is 5.56 Å². The molecule has 21 heavy (non-hydrogen) atoms. The number of nitrogens with zero attached hydrogens (tertiary/aromatic N) is 3. The van der Waals surface area contributed by atoms with Crippen molar-refractivity contribution in [2.45, 2.75) is 25.4 Å². The summed E-state index contributed by atoms with van der Waals surface area (Å²) in [6.07, 6.45) is 3.71. The lowest BCUT2D eigenvalue weighted by molar-refractivity contribution is 0.0688. The van der Waals surface area contributed by atoms with Gasteiger partial charge in [0.05, 0.1) is 10.4 Å². The predicted molar refractivity (Wildman–Crippen MR) is 82.1 cm³/mol. The number of carboxylic acids is 1. The van der Waals surface area contributed by atoms with E-state index in [1.54, 1.807) is 28.3 Å². The third-order valence-electron chi connectivity index (χ3n) is 3.85. The molecule has 3 rings (SSSR count). The van der Waals surface area contributed by atoms with Crippen LogP contribution in [0.5, 0.6) is 0 Å². The second-order valence-corrected chi connectivity index (χ2v) is 6.73. The van der Waals surface area contributed by atoms with Gasteiger partial charge in [0.15, 0.2) is 5.69 Å². The lowest BCUT2D eigenvalue weighted by atomic mass is 10.0. The molecule has 3 heterocycles. The zero-order chi connectivity index (χ0) is 14.8. The second-order valence-electron chi connectivity index (χ2n) is 5.21. The smallest absolute Gasteiger partial charge is 0.356 e. The summed E-state index contributed by atoms with van der Waals surface area (Å²) in [4.78, 5) is 13.2. The van der Waals surface area contributed by atoms with Gasteiger partial charge in [0.2, 0.25) is 0 Å².